The van der Waals surface area contributed by atoms with Gasteiger partial charge in [-0.2, -0.15) is 0 Å². The highest BCUT2D eigenvalue weighted by atomic mass is 127. The van der Waals surface area contributed by atoms with E-state index in [0.29, 0.717) is 0 Å². The molecule has 0 aliphatic carbocycles. The van der Waals surface area contributed by atoms with Crippen LogP contribution in [0.15, 0.2) is 29.3 Å². The van der Waals surface area contributed by atoms with Gasteiger partial charge in [0.2, 0.25) is 0 Å². The third-order valence-electron chi connectivity index (χ3n) is 2.34. The van der Waals surface area contributed by atoms with Gasteiger partial charge in [0.25, 0.3) is 0 Å². The van der Waals surface area contributed by atoms with Gasteiger partial charge in [0.15, 0.2) is 5.78 Å². The van der Waals surface area contributed by atoms with Gasteiger partial charge >= 0.3 is 0 Å². The summed E-state index contributed by atoms with van der Waals surface area (Å²) < 4.78 is 2.40. The third kappa shape index (κ3) is 4.38. The number of ketones is 1. The molecule has 1 heterocycles. The smallest absolute Gasteiger partial charge is 0.171 e. The van der Waals surface area contributed by atoms with Gasteiger partial charge < -0.3 is 0 Å². The van der Waals surface area contributed by atoms with Gasteiger partial charge in [0.1, 0.15) is 0 Å². The predicted molar refractivity (Wildman–Crippen MR) is 94.8 cm³/mol. The van der Waals surface area contributed by atoms with E-state index in [9.17, 15) is 4.79 Å². The number of hydrogen-bond donors (Lipinski definition) is 0. The third-order valence-corrected chi connectivity index (χ3v) is 4.68. The first kappa shape index (κ1) is 16.3. The Hall–Kier alpha value is -0.750. The molecule has 0 aliphatic heterocycles. The Morgan fingerprint density at radius 3 is 2.58 bits per heavy atom. The molecule has 1 aromatic heterocycles. The van der Waals surface area contributed by atoms with Crippen LogP contribution in [-0.4, -0.2) is 16.4 Å². The lowest BCUT2D eigenvalue weighted by Gasteiger charge is -1.93. The van der Waals surface area contributed by atoms with E-state index in [0.717, 1.165) is 20.7 Å². The monoisotopic (exact) mass is 387 g/mol. The average molecular weight is 387 g/mol. The Balaban J connectivity index is 0.000000399. The Labute approximate surface area is 132 Å². The number of benzene rings is 1. The molecule has 19 heavy (non-hydrogen) atoms. The molecule has 2 nitrogen and oxygen atoms in total. The van der Waals surface area contributed by atoms with Crippen molar-refractivity contribution < 1.29 is 4.79 Å². The standard InChI is InChI=1S/C12H11NOS.C3H7I/c1-3-13-11-9-6-4-5-7-10(9)15-12(11)8(2)14;1-2-3-4/h3-7H,1-2H3;2-3H2,1H3. The number of carbonyl (C=O) groups excluding carboxylic acids is 1. The van der Waals surface area contributed by atoms with Crippen molar-refractivity contribution in [1.29, 1.82) is 0 Å². The first-order valence-electron chi connectivity index (χ1n) is 6.22. The highest BCUT2D eigenvalue weighted by Gasteiger charge is 2.13. The lowest BCUT2D eigenvalue weighted by Crippen LogP contribution is -1.86. The minimum Gasteiger partial charge on any atom is -0.294 e. The largest absolute Gasteiger partial charge is 0.294 e. The van der Waals surface area contributed by atoms with Crippen LogP contribution in [-0.2, 0) is 0 Å². The molecule has 0 amide bonds. The van der Waals surface area contributed by atoms with Crippen LogP contribution >= 0.6 is 33.9 Å². The van der Waals surface area contributed by atoms with E-state index in [-0.39, 0.29) is 5.78 Å². The van der Waals surface area contributed by atoms with Gasteiger partial charge in [-0.3, -0.25) is 9.79 Å². The first-order chi connectivity index (χ1) is 9.15. The van der Waals surface area contributed by atoms with Crippen molar-refractivity contribution in [2.45, 2.75) is 27.2 Å². The van der Waals surface area contributed by atoms with E-state index in [1.54, 1.807) is 13.1 Å². The van der Waals surface area contributed by atoms with E-state index < -0.39 is 0 Å². The number of nitrogens with zero attached hydrogens (tertiary/aromatic N) is 1. The summed E-state index contributed by atoms with van der Waals surface area (Å²) in [5.74, 6) is 0.0804. The van der Waals surface area contributed by atoms with E-state index >= 15 is 0 Å². The predicted octanol–water partition coefficient (Wildman–Crippen LogP) is 5.66. The van der Waals surface area contributed by atoms with Gasteiger partial charge in [-0.05, 0) is 23.8 Å². The van der Waals surface area contributed by atoms with Crippen molar-refractivity contribution in [3.63, 3.8) is 0 Å². The summed E-state index contributed by atoms with van der Waals surface area (Å²) in [7, 11) is 0. The summed E-state index contributed by atoms with van der Waals surface area (Å²) in [5, 5.41) is 1.06. The van der Waals surface area contributed by atoms with Crippen LogP contribution in [0, 0.1) is 0 Å². The molecule has 0 aliphatic rings. The van der Waals surface area contributed by atoms with Gasteiger partial charge in [0, 0.05) is 23.2 Å². The minimum absolute atomic E-state index is 0.0804. The normalized spacial score (nSPS) is 10.5. The Morgan fingerprint density at radius 2 is 2.05 bits per heavy atom. The van der Waals surface area contributed by atoms with E-state index in [2.05, 4.69) is 34.5 Å². The Kier molecular flexibility index (Phi) is 7.23. The number of hydrogen-bond acceptors (Lipinski definition) is 3. The van der Waals surface area contributed by atoms with E-state index in [4.69, 9.17) is 0 Å². The molecule has 0 saturated carbocycles. The topological polar surface area (TPSA) is 29.4 Å². The van der Waals surface area contributed by atoms with Crippen molar-refractivity contribution >= 4 is 61.7 Å². The molecule has 0 saturated heterocycles. The zero-order chi connectivity index (χ0) is 14.3. The number of fused-ring (bicyclic) bond motifs is 1. The zero-order valence-electron chi connectivity index (χ0n) is 11.4. The maximum absolute atomic E-state index is 11.4. The maximum Gasteiger partial charge on any atom is 0.171 e. The molecule has 0 N–H and O–H groups in total. The summed E-state index contributed by atoms with van der Waals surface area (Å²) in [6, 6.07) is 7.96. The number of halogens is 1. The fraction of sp³-hybridized carbons (Fsp3) is 0.333. The van der Waals surface area contributed by atoms with Crippen molar-refractivity contribution in [2.75, 3.05) is 4.43 Å². The average Bonchev–Trinajstić information content (AvgIpc) is 2.79. The molecule has 4 heteroatoms. The molecule has 0 radical (unpaired) electrons. The second kappa shape index (κ2) is 8.43. The molecule has 0 fully saturated rings. The lowest BCUT2D eigenvalue weighted by atomic mass is 10.2. The van der Waals surface area contributed by atoms with Crippen LogP contribution in [0.5, 0.6) is 0 Å². The number of Topliss-reactive ketones (excluding diaryl/α,β-unsaturated/α-hetero) is 1. The quantitative estimate of drug-likeness (QED) is 0.289. The lowest BCUT2D eigenvalue weighted by molar-refractivity contribution is 0.102. The van der Waals surface area contributed by atoms with Gasteiger partial charge in [-0.15, -0.1) is 11.3 Å². The van der Waals surface area contributed by atoms with Crippen molar-refractivity contribution in [3.8, 4) is 0 Å². The highest BCUT2D eigenvalue weighted by Crippen LogP contribution is 2.37. The van der Waals surface area contributed by atoms with Crippen molar-refractivity contribution in [2.24, 2.45) is 4.99 Å². The van der Waals surface area contributed by atoms with Crippen molar-refractivity contribution in [1.82, 2.24) is 0 Å². The van der Waals surface area contributed by atoms with Crippen LogP contribution in [0.2, 0.25) is 0 Å². The second-order valence-corrected chi connectivity index (χ2v) is 6.04. The van der Waals surface area contributed by atoms with Crippen LogP contribution in [0.25, 0.3) is 10.1 Å². The van der Waals surface area contributed by atoms with Crippen LogP contribution < -0.4 is 0 Å². The summed E-state index contributed by atoms with van der Waals surface area (Å²) in [5.41, 5.74) is 0.811. The molecule has 0 unspecified atom stereocenters. The number of rotatable bonds is 3. The molecular weight excluding hydrogens is 369 g/mol. The summed E-state index contributed by atoms with van der Waals surface area (Å²) in [4.78, 5) is 16.5. The fourth-order valence-corrected chi connectivity index (χ4v) is 2.57. The number of aliphatic imine (C=N–C) groups is 1. The van der Waals surface area contributed by atoms with Gasteiger partial charge in [-0.1, -0.05) is 47.7 Å². The van der Waals surface area contributed by atoms with Crippen LogP contribution in [0.1, 0.15) is 36.9 Å². The highest BCUT2D eigenvalue weighted by molar-refractivity contribution is 14.1. The molecule has 0 spiro atoms. The summed E-state index contributed by atoms with van der Waals surface area (Å²) in [6.45, 7) is 5.61. The fourth-order valence-electron chi connectivity index (χ4n) is 1.53. The molecule has 1 aromatic carbocycles. The van der Waals surface area contributed by atoms with Crippen LogP contribution in [0.4, 0.5) is 5.69 Å². The molecule has 2 aromatic rings. The molecule has 0 atom stereocenters. The van der Waals surface area contributed by atoms with Crippen molar-refractivity contribution in [3.05, 3.63) is 29.1 Å². The number of thiophene rings is 1. The second-order valence-electron chi connectivity index (χ2n) is 3.91. The summed E-state index contributed by atoms with van der Waals surface area (Å²) in [6.07, 6.45) is 3.03. The Bertz CT molecular complexity index is 573. The van der Waals surface area contributed by atoms with Gasteiger partial charge in [-0.25, -0.2) is 0 Å². The number of alkyl halides is 1. The van der Waals surface area contributed by atoms with Crippen LogP contribution in [0.3, 0.4) is 0 Å². The number of carbonyl (C=O) groups is 1. The molecule has 0 bridgehead atoms. The minimum atomic E-state index is 0.0804. The van der Waals surface area contributed by atoms with E-state index in [1.807, 2.05) is 31.2 Å². The van der Waals surface area contributed by atoms with Gasteiger partial charge in [0.05, 0.1) is 10.6 Å². The summed E-state index contributed by atoms with van der Waals surface area (Å²) >= 11 is 3.86. The Morgan fingerprint density at radius 1 is 1.42 bits per heavy atom. The molecular formula is C15H18INOS. The molecule has 102 valence electrons. The zero-order valence-corrected chi connectivity index (χ0v) is 14.4. The maximum atomic E-state index is 11.4. The molecule has 2 rings (SSSR count). The van der Waals surface area contributed by atoms with E-state index in [1.165, 1.54) is 22.2 Å². The SMILES string of the molecule is CC=Nc1c(C(C)=O)sc2ccccc12.CCCI. The first-order valence-corrected chi connectivity index (χ1v) is 8.57.